The van der Waals surface area contributed by atoms with E-state index >= 15 is 0 Å². The van der Waals surface area contributed by atoms with Crippen molar-refractivity contribution in [3.63, 3.8) is 0 Å². The van der Waals surface area contributed by atoms with E-state index in [4.69, 9.17) is 44.9 Å². The molecule has 11 nitrogen and oxygen atoms in total. The van der Waals surface area contributed by atoms with E-state index in [1.807, 2.05) is 200 Å². The fourth-order valence-electron chi connectivity index (χ4n) is 15.8. The molecule has 13 heteroatoms. The van der Waals surface area contributed by atoms with Gasteiger partial charge < -0.3 is 12.5 Å². The fraction of sp³-hybridized carbons (Fsp3) is 0. The van der Waals surface area contributed by atoms with Gasteiger partial charge in [0.05, 0.1) is 5.52 Å². The minimum Gasteiger partial charge on any atom is -0.871 e. The van der Waals surface area contributed by atoms with E-state index in [0.717, 1.165) is 88.7 Å². The van der Waals surface area contributed by atoms with Crippen molar-refractivity contribution in [2.45, 2.75) is 0 Å². The Labute approximate surface area is 742 Å². The maximum absolute atomic E-state index is 11.1. The molecule has 0 radical (unpaired) electrons. The molecule has 4 aromatic heterocycles. The minimum atomic E-state index is -0.0110. The molecule has 0 bridgehead atoms. The number of benzene rings is 18. The number of hydrogen-bond acceptors (Lipinski definition) is 11. The summed E-state index contributed by atoms with van der Waals surface area (Å²) in [5, 5.41) is 24.4. The third-order valence-electron chi connectivity index (χ3n) is 21.9. The maximum atomic E-state index is 11.1. The second-order valence-electron chi connectivity index (χ2n) is 29.5. The van der Waals surface area contributed by atoms with Gasteiger partial charge in [-0.05, 0) is 128 Å². The summed E-state index contributed by atoms with van der Waals surface area (Å²) in [6.07, 6.45) is 1.63. The zero-order valence-corrected chi connectivity index (χ0v) is 68.4. The Morgan fingerprint density at radius 3 is 0.815 bits per heavy atom. The fourth-order valence-corrected chi connectivity index (χ4v) is 15.8. The molecular weight excluding hydrogens is 1500 g/mol. The van der Waals surface area contributed by atoms with Gasteiger partial charge >= 0.3 is 37.7 Å². The van der Waals surface area contributed by atoms with Crippen molar-refractivity contribution in [3.8, 4) is 153 Å². The third-order valence-corrected chi connectivity index (χ3v) is 21.9. The Hall–Kier alpha value is -15.3. The molecule has 0 saturated carbocycles. The monoisotopic (exact) mass is 1580 g/mol. The van der Waals surface area contributed by atoms with E-state index in [0.29, 0.717) is 57.9 Å². The van der Waals surface area contributed by atoms with Gasteiger partial charge in [0.15, 0.2) is 52.4 Å². The van der Waals surface area contributed by atoms with Crippen LogP contribution in [0.1, 0.15) is 0 Å². The normalized spacial score (nSPS) is 10.9. The molecule has 0 unspecified atom stereocenters. The summed E-state index contributed by atoms with van der Waals surface area (Å²) in [6.45, 7) is 0. The van der Waals surface area contributed by atoms with E-state index in [1.54, 1.807) is 12.3 Å². The van der Waals surface area contributed by atoms with Gasteiger partial charge in [-0.3, -0.25) is 4.98 Å². The van der Waals surface area contributed by atoms with Crippen molar-refractivity contribution in [2.75, 3.05) is 0 Å². The van der Waals surface area contributed by atoms with Crippen LogP contribution in [0.4, 0.5) is 0 Å². The first kappa shape index (κ1) is 81.1. The number of rotatable bonds is 13. The van der Waals surface area contributed by atoms with Crippen LogP contribution in [0.3, 0.4) is 0 Å². The molecule has 0 atom stereocenters. The number of nitrogens with zero attached hydrogens (tertiary/aromatic N) is 10. The molecule has 124 heavy (non-hydrogen) atoms. The van der Waals surface area contributed by atoms with E-state index in [9.17, 15) is 5.11 Å². The summed E-state index contributed by atoms with van der Waals surface area (Å²) >= 11 is 0. The molecule has 0 aliphatic carbocycles. The molecule has 0 N–H and O–H groups in total. The molecular formula is C111H74Li2N10O. The van der Waals surface area contributed by atoms with Gasteiger partial charge in [0, 0.05) is 56.3 Å². The first-order valence-electron chi connectivity index (χ1n) is 40.2. The van der Waals surface area contributed by atoms with Crippen LogP contribution in [-0.4, -0.2) is 49.8 Å². The smallest absolute Gasteiger partial charge is 0.871 e. The van der Waals surface area contributed by atoms with Gasteiger partial charge in [-0.1, -0.05) is 406 Å². The van der Waals surface area contributed by atoms with Gasteiger partial charge in [0.2, 0.25) is 0 Å². The first-order chi connectivity index (χ1) is 59.9. The van der Waals surface area contributed by atoms with Crippen LogP contribution in [0.25, 0.3) is 212 Å². The Balaban J connectivity index is 0.000000153. The second kappa shape index (κ2) is 36.7. The largest absolute Gasteiger partial charge is 1.00 e. The number of fused-ring (bicyclic) bond motifs is 9. The van der Waals surface area contributed by atoms with Crippen molar-refractivity contribution in [3.05, 3.63) is 438 Å². The summed E-state index contributed by atoms with van der Waals surface area (Å²) in [5.41, 5.74) is 18.3. The molecule has 22 aromatic rings. The van der Waals surface area contributed by atoms with E-state index in [-0.39, 0.29) is 50.9 Å². The van der Waals surface area contributed by atoms with Gasteiger partial charge in [0.25, 0.3) is 0 Å². The average Bonchev–Trinajstić information content (AvgIpc) is 0.735. The van der Waals surface area contributed by atoms with Crippen molar-refractivity contribution < 1.29 is 42.8 Å². The summed E-state index contributed by atoms with van der Waals surface area (Å²) in [4.78, 5) is 48.1. The molecule has 0 saturated heterocycles. The van der Waals surface area contributed by atoms with Crippen LogP contribution in [0.5, 0.6) is 5.75 Å². The summed E-state index contributed by atoms with van der Waals surface area (Å²) in [7, 11) is 0. The number of aromatic nitrogens is 10. The summed E-state index contributed by atoms with van der Waals surface area (Å²) in [6, 6.07) is 146. The molecule has 0 aliphatic heterocycles. The molecule has 18 aromatic carbocycles. The van der Waals surface area contributed by atoms with Gasteiger partial charge in [-0.15, -0.1) is 0 Å². The zero-order chi connectivity index (χ0) is 80.8. The second-order valence-corrected chi connectivity index (χ2v) is 29.5. The van der Waals surface area contributed by atoms with Gasteiger partial charge in [0.1, 0.15) is 0 Å². The number of para-hydroxylation sites is 1. The molecule has 0 aliphatic rings. The van der Waals surface area contributed by atoms with Crippen molar-refractivity contribution in [2.24, 2.45) is 0 Å². The van der Waals surface area contributed by atoms with Crippen LogP contribution in [0.2, 0.25) is 0 Å². The number of pyridine rings is 1. The quantitative estimate of drug-likeness (QED) is 0.0616. The third kappa shape index (κ3) is 17.0. The Morgan fingerprint density at radius 2 is 0.444 bits per heavy atom. The Bertz CT molecular complexity index is 7140. The van der Waals surface area contributed by atoms with Gasteiger partial charge in [-0.25, -0.2) is 44.9 Å². The van der Waals surface area contributed by atoms with Crippen molar-refractivity contribution in [1.82, 2.24) is 49.8 Å². The standard InChI is InChI=1S/C52H34N6.C49H31N3.C9H7NO.CH3.2Li/c1-5-13-38(14-6-1)47-53-48(39-15-7-2-8-16-39)56-51(55-47)42-27-21-35(22-28-42)44-31-25-37-26-32-45(34-46(37)33-44)36-23-29-43(30-24-36)52-57-49(40-17-9-3-10-18-40)54-50(58-52)41-19-11-4-12-20-41;1-3-14-34(15-4-1)47-50-48(35-16-5-2-6-17-35)52-49(51-47)36-25-23-33(24-26-36)46-38-18-8-7-13-32(38)27-29-39(46)37-28-30-44-42-21-10-9-19-40(42)41-20-11-12-22-43(41)45(44)31-37;11-8-5-1-3-7-4-2-6-10-9(7)8;;;/h1-34H;1-31H;1-6,11H;1H3;;/q;;;-1;2*+1/p-1. The predicted octanol–water partition coefficient (Wildman–Crippen LogP) is 21.1. The van der Waals surface area contributed by atoms with Crippen LogP contribution < -0.4 is 42.8 Å². The molecule has 0 amide bonds. The molecule has 576 valence electrons. The van der Waals surface area contributed by atoms with Crippen LogP contribution >= 0.6 is 0 Å². The Morgan fingerprint density at radius 1 is 0.169 bits per heavy atom. The number of hydrogen-bond donors (Lipinski definition) is 0. The molecule has 0 fully saturated rings. The van der Waals surface area contributed by atoms with Crippen LogP contribution in [0.15, 0.2) is 431 Å². The zero-order valence-electron chi connectivity index (χ0n) is 68.4. The predicted molar refractivity (Wildman–Crippen MR) is 499 cm³/mol. The van der Waals surface area contributed by atoms with Crippen molar-refractivity contribution >= 4 is 64.8 Å². The molecule has 22 rings (SSSR count). The van der Waals surface area contributed by atoms with Crippen LogP contribution in [0, 0.1) is 7.43 Å². The Kier molecular flexibility index (Phi) is 24.0. The van der Waals surface area contributed by atoms with E-state index in [1.165, 1.54) is 71.2 Å². The summed E-state index contributed by atoms with van der Waals surface area (Å²) < 4.78 is 0. The van der Waals surface area contributed by atoms with E-state index < -0.39 is 0 Å². The molecule has 4 heterocycles. The van der Waals surface area contributed by atoms with Crippen molar-refractivity contribution in [1.29, 1.82) is 0 Å². The average molecular weight is 1580 g/mol. The van der Waals surface area contributed by atoms with Crippen LogP contribution in [-0.2, 0) is 0 Å². The van der Waals surface area contributed by atoms with Gasteiger partial charge in [-0.2, -0.15) is 0 Å². The summed E-state index contributed by atoms with van der Waals surface area (Å²) in [5.74, 6) is 5.80. The minimum absolute atomic E-state index is 0. The maximum Gasteiger partial charge on any atom is 1.00 e. The van der Waals surface area contributed by atoms with E-state index in [2.05, 4.69) is 217 Å². The first-order valence-corrected chi connectivity index (χ1v) is 40.2. The topological polar surface area (TPSA) is 152 Å². The SMILES string of the molecule is [CH3-].[Li+].[Li+].[O-]c1cccc2cccnc12.c1ccc(-c2nc(-c3ccccc3)nc(-c3ccc(-c4c(-c5ccc6c7ccccc7c7ccccc7c6c5)ccc5ccccc45)cc3)n2)cc1.c1ccc(-c2nc(-c3ccccc3)nc(-c3ccc(-c4ccc5ccc(-c6ccc(-c7nc(-c8ccccc8)nc(-c8ccccc8)n7)cc6)cc5c4)cc3)n2)cc1. The molecule has 0 spiro atoms.